The monoisotopic (exact) mass is 530 g/mol. The molecule has 1 atom stereocenters. The summed E-state index contributed by atoms with van der Waals surface area (Å²) in [7, 11) is 1.50. The average molecular weight is 531 g/mol. The van der Waals surface area contributed by atoms with Gasteiger partial charge in [0.2, 0.25) is 0 Å². The van der Waals surface area contributed by atoms with Gasteiger partial charge in [0, 0.05) is 5.56 Å². The minimum atomic E-state index is -1.01. The van der Waals surface area contributed by atoms with Crippen LogP contribution >= 0.6 is 11.3 Å². The molecule has 9 heteroatoms. The highest BCUT2D eigenvalue weighted by Gasteiger charge is 2.48. The van der Waals surface area contributed by atoms with Gasteiger partial charge in [0.1, 0.15) is 11.5 Å². The quantitative estimate of drug-likeness (QED) is 0.188. The smallest absolute Gasteiger partial charge is 0.301 e. The first-order valence-corrected chi connectivity index (χ1v) is 12.8. The molecule has 2 heterocycles. The molecule has 3 aromatic carbocycles. The van der Waals surface area contributed by atoms with Gasteiger partial charge in [-0.15, -0.1) is 0 Å². The number of methoxy groups -OCH3 is 1. The lowest BCUT2D eigenvalue weighted by Crippen LogP contribution is -2.29. The number of Topliss-reactive ketones (excluding diaryl/α,β-unsaturated/α-hetero) is 1. The molecule has 5 rings (SSSR count). The van der Waals surface area contributed by atoms with Gasteiger partial charge in [-0.25, -0.2) is 4.98 Å². The number of phenolic OH excluding ortho intramolecular Hbond substituents is 1. The third-order valence-electron chi connectivity index (χ3n) is 6.41. The molecule has 4 aromatic rings. The normalized spacial score (nSPS) is 16.8. The Kier molecular flexibility index (Phi) is 6.54. The molecule has 38 heavy (non-hydrogen) atoms. The molecule has 0 unspecified atom stereocenters. The standard InChI is InChI=1S/C29H26N2O6S/c1-5-37-21-14-17(9-10-20(21)32)25-23(26(33)18-7-6-8-19(13-18)36-4)27(34)28(35)31(25)29-30-24-16(3)11-15(2)12-22(24)38-29/h6-14,25,32-33H,5H2,1-4H3/t25-/m0/s1. The third-order valence-corrected chi connectivity index (χ3v) is 7.41. The van der Waals surface area contributed by atoms with Crippen molar-refractivity contribution in [3.05, 3.63) is 82.4 Å². The molecule has 0 radical (unpaired) electrons. The Morgan fingerprint density at radius 1 is 1.11 bits per heavy atom. The van der Waals surface area contributed by atoms with Crippen LogP contribution in [0.1, 0.15) is 35.2 Å². The summed E-state index contributed by atoms with van der Waals surface area (Å²) in [5.74, 6) is -1.37. The Hall–Kier alpha value is -4.37. The number of hydrogen-bond acceptors (Lipinski definition) is 8. The number of aryl methyl sites for hydroxylation is 2. The Bertz CT molecular complexity index is 1620. The summed E-state index contributed by atoms with van der Waals surface area (Å²) in [6.07, 6.45) is 0. The van der Waals surface area contributed by atoms with Crippen molar-refractivity contribution in [1.29, 1.82) is 0 Å². The number of ketones is 1. The van der Waals surface area contributed by atoms with E-state index in [-0.39, 0.29) is 22.8 Å². The Labute approximate surface area is 223 Å². The summed E-state index contributed by atoms with van der Waals surface area (Å²) < 4.78 is 11.7. The summed E-state index contributed by atoms with van der Waals surface area (Å²) in [6, 6.07) is 14.2. The van der Waals surface area contributed by atoms with Gasteiger partial charge in [-0.05, 0) is 67.8 Å². The van der Waals surface area contributed by atoms with Crippen LogP contribution in [0.5, 0.6) is 17.2 Å². The van der Waals surface area contributed by atoms with E-state index in [2.05, 4.69) is 0 Å². The number of hydrogen-bond donors (Lipinski definition) is 2. The molecule has 1 aliphatic rings. The van der Waals surface area contributed by atoms with Crippen molar-refractivity contribution in [2.75, 3.05) is 18.6 Å². The predicted octanol–water partition coefficient (Wildman–Crippen LogP) is 5.65. The highest BCUT2D eigenvalue weighted by Crippen LogP contribution is 2.46. The first-order valence-electron chi connectivity index (χ1n) is 12.0. The number of amides is 1. The number of carbonyl (C=O) groups excluding carboxylic acids is 2. The molecule has 8 nitrogen and oxygen atoms in total. The van der Waals surface area contributed by atoms with Gasteiger partial charge < -0.3 is 19.7 Å². The molecule has 1 aromatic heterocycles. The van der Waals surface area contributed by atoms with Gasteiger partial charge in [-0.1, -0.05) is 35.6 Å². The van der Waals surface area contributed by atoms with E-state index in [0.29, 0.717) is 28.6 Å². The molecule has 1 aliphatic heterocycles. The number of aliphatic hydroxyl groups excluding tert-OH is 1. The summed E-state index contributed by atoms with van der Waals surface area (Å²) >= 11 is 1.30. The van der Waals surface area contributed by atoms with Crippen LogP contribution in [0.15, 0.2) is 60.2 Å². The maximum Gasteiger partial charge on any atom is 0.301 e. The number of anilines is 1. The number of ether oxygens (including phenoxy) is 2. The number of aromatic nitrogens is 1. The molecule has 2 N–H and O–H groups in total. The summed E-state index contributed by atoms with van der Waals surface area (Å²) in [5, 5.41) is 22.0. The van der Waals surface area contributed by atoms with Gasteiger partial charge in [-0.2, -0.15) is 0 Å². The van der Waals surface area contributed by atoms with Gasteiger partial charge in [-0.3, -0.25) is 14.5 Å². The first kappa shape index (κ1) is 25.3. The van der Waals surface area contributed by atoms with E-state index in [9.17, 15) is 19.8 Å². The molecule has 0 saturated carbocycles. The second-order valence-corrected chi connectivity index (χ2v) is 10.00. The van der Waals surface area contributed by atoms with Crippen molar-refractivity contribution < 1.29 is 29.3 Å². The Balaban J connectivity index is 1.76. The lowest BCUT2D eigenvalue weighted by atomic mass is 9.95. The fourth-order valence-corrected chi connectivity index (χ4v) is 5.87. The van der Waals surface area contributed by atoms with E-state index in [1.165, 1.54) is 29.4 Å². The Morgan fingerprint density at radius 3 is 2.63 bits per heavy atom. The maximum atomic E-state index is 13.6. The zero-order valence-electron chi connectivity index (χ0n) is 21.3. The van der Waals surface area contributed by atoms with Crippen molar-refractivity contribution in [2.24, 2.45) is 0 Å². The van der Waals surface area contributed by atoms with Crippen molar-refractivity contribution in [3.8, 4) is 17.2 Å². The summed E-state index contributed by atoms with van der Waals surface area (Å²) in [5.41, 5.74) is 3.46. The molecule has 1 saturated heterocycles. The van der Waals surface area contributed by atoms with Crippen molar-refractivity contribution >= 4 is 44.1 Å². The molecule has 1 fully saturated rings. The zero-order chi connectivity index (χ0) is 27.1. The lowest BCUT2D eigenvalue weighted by molar-refractivity contribution is -0.132. The number of rotatable bonds is 6. The second-order valence-electron chi connectivity index (χ2n) is 8.99. The van der Waals surface area contributed by atoms with Crippen LogP contribution in [-0.4, -0.2) is 40.6 Å². The van der Waals surface area contributed by atoms with E-state index >= 15 is 0 Å². The van der Waals surface area contributed by atoms with Gasteiger partial charge in [0.25, 0.3) is 5.78 Å². The van der Waals surface area contributed by atoms with E-state index in [1.54, 1.807) is 43.3 Å². The minimum Gasteiger partial charge on any atom is -0.507 e. The number of nitrogens with zero attached hydrogens (tertiary/aromatic N) is 2. The van der Waals surface area contributed by atoms with Crippen molar-refractivity contribution in [2.45, 2.75) is 26.8 Å². The minimum absolute atomic E-state index is 0.0774. The molecule has 194 valence electrons. The summed E-state index contributed by atoms with van der Waals surface area (Å²) in [6.45, 7) is 6.02. The average Bonchev–Trinajstić information content (AvgIpc) is 3.43. The molecular weight excluding hydrogens is 504 g/mol. The first-order chi connectivity index (χ1) is 18.2. The van der Waals surface area contributed by atoms with Crippen molar-refractivity contribution in [1.82, 2.24) is 4.98 Å². The third kappa shape index (κ3) is 4.24. The lowest BCUT2D eigenvalue weighted by Gasteiger charge is -2.23. The number of aliphatic hydroxyl groups is 1. The van der Waals surface area contributed by atoms with E-state index in [0.717, 1.165) is 21.3 Å². The Morgan fingerprint density at radius 2 is 1.89 bits per heavy atom. The SMILES string of the molecule is CCOc1cc([C@H]2C(=C(O)c3cccc(OC)c3)C(=O)C(=O)N2c2nc3c(C)cc(C)cc3s2)ccc1O. The van der Waals surface area contributed by atoms with Crippen LogP contribution in [-0.2, 0) is 9.59 Å². The second kappa shape index (κ2) is 9.83. The fraction of sp³-hybridized carbons (Fsp3) is 0.207. The molecule has 1 amide bonds. The van der Waals surface area contributed by atoms with Crippen LogP contribution in [0.25, 0.3) is 16.0 Å². The van der Waals surface area contributed by atoms with Crippen LogP contribution in [0.4, 0.5) is 5.13 Å². The fourth-order valence-electron chi connectivity index (χ4n) is 4.70. The number of phenols is 1. The topological polar surface area (TPSA) is 109 Å². The number of thiazole rings is 1. The van der Waals surface area contributed by atoms with Gasteiger partial charge >= 0.3 is 5.91 Å². The molecule has 0 bridgehead atoms. The van der Waals surface area contributed by atoms with Crippen molar-refractivity contribution in [3.63, 3.8) is 0 Å². The number of aromatic hydroxyl groups is 1. The summed E-state index contributed by atoms with van der Waals surface area (Å²) in [4.78, 5) is 33.1. The van der Waals surface area contributed by atoms with Crippen LogP contribution in [0, 0.1) is 13.8 Å². The van der Waals surface area contributed by atoms with E-state index in [1.807, 2.05) is 26.0 Å². The van der Waals surface area contributed by atoms with Crippen LogP contribution < -0.4 is 14.4 Å². The van der Waals surface area contributed by atoms with E-state index in [4.69, 9.17) is 14.5 Å². The number of carbonyl (C=O) groups is 2. The largest absolute Gasteiger partial charge is 0.507 e. The molecule has 0 aliphatic carbocycles. The molecular formula is C29H26N2O6S. The van der Waals surface area contributed by atoms with Gasteiger partial charge in [0.15, 0.2) is 16.6 Å². The van der Waals surface area contributed by atoms with Crippen LogP contribution in [0.3, 0.4) is 0 Å². The predicted molar refractivity (Wildman–Crippen MR) is 146 cm³/mol. The van der Waals surface area contributed by atoms with Gasteiger partial charge in [0.05, 0.1) is 35.5 Å². The number of fused-ring (bicyclic) bond motifs is 1. The highest BCUT2D eigenvalue weighted by atomic mass is 32.1. The molecule has 0 spiro atoms. The zero-order valence-corrected chi connectivity index (χ0v) is 22.1. The highest BCUT2D eigenvalue weighted by molar-refractivity contribution is 7.22. The van der Waals surface area contributed by atoms with Crippen LogP contribution in [0.2, 0.25) is 0 Å². The van der Waals surface area contributed by atoms with E-state index < -0.39 is 17.7 Å². The number of benzene rings is 3. The maximum absolute atomic E-state index is 13.6.